The first-order valence-electron chi connectivity index (χ1n) is 10.8. The number of amides is 1. The number of ether oxygens (including phenoxy) is 1. The van der Waals surface area contributed by atoms with Crippen LogP contribution in [0.5, 0.6) is 0 Å². The van der Waals surface area contributed by atoms with Crippen molar-refractivity contribution in [2.75, 3.05) is 25.1 Å². The zero-order chi connectivity index (χ0) is 25.1. The number of halogens is 5. The predicted molar refractivity (Wildman–Crippen MR) is 114 cm³/mol. The molecule has 5 rings (SSSR count). The van der Waals surface area contributed by atoms with E-state index >= 15 is 4.39 Å². The van der Waals surface area contributed by atoms with Crippen LogP contribution >= 0.6 is 0 Å². The first-order valence-corrected chi connectivity index (χ1v) is 10.8. The molecule has 1 aromatic carbocycles. The van der Waals surface area contributed by atoms with E-state index in [0.29, 0.717) is 37.8 Å². The molecule has 4 heterocycles. The number of rotatable bonds is 4. The van der Waals surface area contributed by atoms with Gasteiger partial charge in [0, 0.05) is 61.6 Å². The first kappa shape index (κ1) is 23.3. The van der Waals surface area contributed by atoms with Gasteiger partial charge < -0.3 is 15.0 Å². The van der Waals surface area contributed by atoms with Crippen molar-refractivity contribution in [3.05, 3.63) is 46.9 Å². The number of nitrogens with one attached hydrogen (secondary N) is 1. The molecule has 3 aromatic rings. The SMILES string of the molecule is CC(=O)N1CCc2c(c(Nc3cc(F)c(-c4cn(C)nc4C(F)(F)F)cc3F)nn2C2COC2)C1. The molecular formula is C22H21F5N6O2. The minimum atomic E-state index is -4.84. The number of carbonyl (C=O) groups excluding carboxylic acids is 1. The Morgan fingerprint density at radius 2 is 1.89 bits per heavy atom. The maximum atomic E-state index is 15.1. The monoisotopic (exact) mass is 496 g/mol. The molecule has 13 heteroatoms. The highest BCUT2D eigenvalue weighted by Gasteiger charge is 2.38. The summed E-state index contributed by atoms with van der Waals surface area (Å²) in [4.78, 5) is 13.5. The van der Waals surface area contributed by atoms with Crippen molar-refractivity contribution < 1.29 is 31.5 Å². The molecular weight excluding hydrogens is 475 g/mol. The molecule has 1 fully saturated rings. The summed E-state index contributed by atoms with van der Waals surface area (Å²) < 4.78 is 78.0. The van der Waals surface area contributed by atoms with Crippen LogP contribution in [-0.2, 0) is 35.7 Å². The van der Waals surface area contributed by atoms with Gasteiger partial charge in [-0.2, -0.15) is 23.4 Å². The van der Waals surface area contributed by atoms with E-state index in [2.05, 4.69) is 15.5 Å². The van der Waals surface area contributed by atoms with Crippen LogP contribution in [0.2, 0.25) is 0 Å². The quantitative estimate of drug-likeness (QED) is 0.557. The van der Waals surface area contributed by atoms with E-state index in [-0.39, 0.29) is 30.0 Å². The third-order valence-electron chi connectivity index (χ3n) is 6.19. The molecule has 0 unspecified atom stereocenters. The molecule has 0 aliphatic carbocycles. The maximum absolute atomic E-state index is 15.1. The maximum Gasteiger partial charge on any atom is 0.435 e. The van der Waals surface area contributed by atoms with Crippen LogP contribution in [-0.4, -0.2) is 50.1 Å². The summed E-state index contributed by atoms with van der Waals surface area (Å²) in [7, 11) is 1.26. The number of aryl methyl sites for hydroxylation is 1. The second-order valence-corrected chi connectivity index (χ2v) is 8.60. The number of anilines is 2. The van der Waals surface area contributed by atoms with E-state index in [1.54, 1.807) is 9.58 Å². The molecule has 186 valence electrons. The topological polar surface area (TPSA) is 77.2 Å². The van der Waals surface area contributed by atoms with Gasteiger partial charge in [0.05, 0.1) is 31.5 Å². The number of fused-ring (bicyclic) bond motifs is 1. The van der Waals surface area contributed by atoms with Gasteiger partial charge in [-0.15, -0.1) is 0 Å². The summed E-state index contributed by atoms with van der Waals surface area (Å²) in [6, 6.07) is 1.49. The van der Waals surface area contributed by atoms with Gasteiger partial charge in [0.15, 0.2) is 11.5 Å². The van der Waals surface area contributed by atoms with Crippen molar-refractivity contribution in [2.24, 2.45) is 7.05 Å². The van der Waals surface area contributed by atoms with Crippen molar-refractivity contribution in [1.29, 1.82) is 0 Å². The molecule has 35 heavy (non-hydrogen) atoms. The van der Waals surface area contributed by atoms with Gasteiger partial charge in [-0.05, 0) is 6.07 Å². The van der Waals surface area contributed by atoms with Crippen molar-refractivity contribution in [3.8, 4) is 11.1 Å². The fraction of sp³-hybridized carbons (Fsp3) is 0.409. The highest BCUT2D eigenvalue weighted by molar-refractivity contribution is 5.75. The molecule has 0 atom stereocenters. The molecule has 1 saturated heterocycles. The zero-order valence-corrected chi connectivity index (χ0v) is 18.8. The third-order valence-corrected chi connectivity index (χ3v) is 6.19. The van der Waals surface area contributed by atoms with Crippen molar-refractivity contribution >= 4 is 17.4 Å². The summed E-state index contributed by atoms with van der Waals surface area (Å²) in [5.41, 5.74) is -1.17. The summed E-state index contributed by atoms with van der Waals surface area (Å²) in [6.45, 7) is 3.13. The van der Waals surface area contributed by atoms with Gasteiger partial charge in [-0.1, -0.05) is 0 Å². The molecule has 1 N–H and O–H groups in total. The van der Waals surface area contributed by atoms with Crippen LogP contribution in [0.1, 0.15) is 29.9 Å². The number of hydrogen-bond acceptors (Lipinski definition) is 5. The largest absolute Gasteiger partial charge is 0.435 e. The Morgan fingerprint density at radius 1 is 1.14 bits per heavy atom. The number of carbonyl (C=O) groups is 1. The number of alkyl halides is 3. The second-order valence-electron chi connectivity index (χ2n) is 8.60. The van der Waals surface area contributed by atoms with Crippen LogP contribution in [0.3, 0.4) is 0 Å². The number of hydrogen-bond donors (Lipinski definition) is 1. The first-order chi connectivity index (χ1) is 16.5. The van der Waals surface area contributed by atoms with Gasteiger partial charge in [-0.25, -0.2) is 8.78 Å². The number of aromatic nitrogens is 4. The van der Waals surface area contributed by atoms with Gasteiger partial charge in [0.25, 0.3) is 0 Å². The molecule has 2 aromatic heterocycles. The molecule has 2 aliphatic heterocycles. The Bertz CT molecular complexity index is 1310. The lowest BCUT2D eigenvalue weighted by Gasteiger charge is -2.31. The van der Waals surface area contributed by atoms with E-state index in [4.69, 9.17) is 4.74 Å². The van der Waals surface area contributed by atoms with Crippen LogP contribution in [0.4, 0.5) is 33.5 Å². The summed E-state index contributed by atoms with van der Waals surface area (Å²) in [5, 5.41) is 10.7. The van der Waals surface area contributed by atoms with Gasteiger partial charge in [-0.3, -0.25) is 14.2 Å². The van der Waals surface area contributed by atoms with Crippen LogP contribution in [0.25, 0.3) is 11.1 Å². The minimum Gasteiger partial charge on any atom is -0.377 e. The summed E-state index contributed by atoms with van der Waals surface area (Å²) in [5.74, 6) is -1.90. The summed E-state index contributed by atoms with van der Waals surface area (Å²) >= 11 is 0. The van der Waals surface area contributed by atoms with Crippen molar-refractivity contribution in [1.82, 2.24) is 24.5 Å². The smallest absolute Gasteiger partial charge is 0.377 e. The van der Waals surface area contributed by atoms with Crippen molar-refractivity contribution in [3.63, 3.8) is 0 Å². The lowest BCUT2D eigenvalue weighted by Crippen LogP contribution is -2.37. The second kappa shape index (κ2) is 8.33. The Morgan fingerprint density at radius 3 is 2.51 bits per heavy atom. The molecule has 2 aliphatic rings. The fourth-order valence-corrected chi connectivity index (χ4v) is 4.35. The molecule has 0 spiro atoms. The van der Waals surface area contributed by atoms with Crippen LogP contribution in [0.15, 0.2) is 18.3 Å². The standard InChI is InChI=1S/C22H21F5N6O2/c1-11(34)32-4-3-19-15(8-32)21(30-33(19)12-9-35-10-12)28-18-6-16(23)13(5-17(18)24)14-7-31(2)29-20(14)22(25,26)27/h5-7,12H,3-4,8-10H2,1-2H3,(H,28,30). The molecule has 8 nitrogen and oxygen atoms in total. The Hall–Kier alpha value is -3.48. The van der Waals surface area contributed by atoms with E-state index in [9.17, 15) is 22.4 Å². The number of nitrogens with zero attached hydrogens (tertiary/aromatic N) is 5. The van der Waals surface area contributed by atoms with Gasteiger partial charge >= 0.3 is 6.18 Å². The van der Waals surface area contributed by atoms with E-state index in [0.717, 1.165) is 22.6 Å². The normalized spacial score (nSPS) is 16.3. The third kappa shape index (κ3) is 4.13. The Labute approximate surface area is 196 Å². The number of benzene rings is 1. The average molecular weight is 496 g/mol. The molecule has 0 bridgehead atoms. The van der Waals surface area contributed by atoms with Gasteiger partial charge in [0.2, 0.25) is 5.91 Å². The Balaban J connectivity index is 1.52. The highest BCUT2D eigenvalue weighted by atomic mass is 19.4. The van der Waals surface area contributed by atoms with Crippen LogP contribution < -0.4 is 5.32 Å². The van der Waals surface area contributed by atoms with Crippen LogP contribution in [0, 0.1) is 11.6 Å². The molecule has 0 radical (unpaired) electrons. The minimum absolute atomic E-state index is 0.00138. The Kier molecular flexibility index (Phi) is 5.54. The van der Waals surface area contributed by atoms with Crippen molar-refractivity contribution in [2.45, 2.75) is 32.1 Å². The molecule has 0 saturated carbocycles. The summed E-state index contributed by atoms with van der Waals surface area (Å²) in [6.07, 6.45) is -3.31. The fourth-order valence-electron chi connectivity index (χ4n) is 4.35. The lowest BCUT2D eigenvalue weighted by atomic mass is 10.0. The zero-order valence-electron chi connectivity index (χ0n) is 18.8. The predicted octanol–water partition coefficient (Wildman–Crippen LogP) is 3.80. The van der Waals surface area contributed by atoms with E-state index in [1.807, 2.05) is 0 Å². The van der Waals surface area contributed by atoms with E-state index in [1.165, 1.54) is 14.0 Å². The highest BCUT2D eigenvalue weighted by Crippen LogP contribution is 2.39. The van der Waals surface area contributed by atoms with Gasteiger partial charge in [0.1, 0.15) is 11.6 Å². The molecule has 1 amide bonds. The average Bonchev–Trinajstić information content (AvgIpc) is 3.30. The van der Waals surface area contributed by atoms with E-state index < -0.39 is 34.6 Å². The lowest BCUT2D eigenvalue weighted by molar-refractivity contribution is -0.141.